The molecule has 0 N–H and O–H groups in total. The summed E-state index contributed by atoms with van der Waals surface area (Å²) in [6, 6.07) is 60.7. The maximum absolute atomic E-state index is 13.8. The van der Waals surface area contributed by atoms with Gasteiger partial charge in [-0.15, -0.1) is 0 Å². The highest BCUT2D eigenvalue weighted by Gasteiger charge is 2.23. The fraction of sp³-hybridized carbons (Fsp3) is 0. The monoisotopic (exact) mass is 792 g/mol. The number of hydrogen-bond acceptors (Lipinski definition) is 5. The van der Waals surface area contributed by atoms with Crippen LogP contribution in [0.2, 0.25) is 0 Å². The third kappa shape index (κ3) is 5.17. The summed E-state index contributed by atoms with van der Waals surface area (Å²) in [6.07, 6.45) is 3.28. The molecule has 5 heterocycles. The molecule has 8 heteroatoms. The molecule has 5 aromatic heterocycles. The summed E-state index contributed by atoms with van der Waals surface area (Å²) in [5.41, 5.74) is 11.6. The minimum Gasteiger partial charge on any atom is -0.455 e. The molecule has 0 radical (unpaired) electrons. The van der Waals surface area contributed by atoms with E-state index in [2.05, 4.69) is 140 Å². The van der Waals surface area contributed by atoms with Gasteiger partial charge in [-0.25, -0.2) is 13.4 Å². The fourth-order valence-corrected chi connectivity index (χ4v) is 10.2. The Morgan fingerprint density at radius 2 is 1.08 bits per heavy atom. The Bertz CT molecular complexity index is 3740. The molecular formula is C52H32N4O3S. The summed E-state index contributed by atoms with van der Waals surface area (Å²) in [7, 11) is -3.87. The zero-order chi connectivity index (χ0) is 40.0. The number of aromatic nitrogens is 4. The zero-order valence-corrected chi connectivity index (χ0v) is 32.7. The smallest absolute Gasteiger partial charge is 0.223 e. The van der Waals surface area contributed by atoms with Gasteiger partial charge in [-0.3, -0.25) is 4.98 Å². The van der Waals surface area contributed by atoms with Gasteiger partial charge in [0.1, 0.15) is 11.2 Å². The number of hydrogen-bond donors (Lipinski definition) is 0. The molecule has 60 heavy (non-hydrogen) atoms. The van der Waals surface area contributed by atoms with Crippen molar-refractivity contribution in [1.82, 2.24) is 19.1 Å². The van der Waals surface area contributed by atoms with Gasteiger partial charge in [0.05, 0.1) is 32.7 Å². The molecular weight excluding hydrogens is 761 g/mol. The minimum atomic E-state index is -3.87. The Hall–Kier alpha value is -7.81. The molecule has 0 aliphatic heterocycles. The lowest BCUT2D eigenvalue weighted by Crippen LogP contribution is -2.04. The number of fused-ring (bicyclic) bond motifs is 9. The van der Waals surface area contributed by atoms with Crippen molar-refractivity contribution in [2.75, 3.05) is 0 Å². The van der Waals surface area contributed by atoms with E-state index >= 15 is 0 Å². The normalized spacial score (nSPS) is 12.1. The number of benzene rings is 7. The largest absolute Gasteiger partial charge is 0.455 e. The quantitative estimate of drug-likeness (QED) is 0.167. The lowest BCUT2D eigenvalue weighted by molar-refractivity contribution is 0.592. The Balaban J connectivity index is 1.03. The van der Waals surface area contributed by atoms with E-state index in [4.69, 9.17) is 4.42 Å². The molecule has 12 aromatic rings. The van der Waals surface area contributed by atoms with Gasteiger partial charge in [-0.05, 0) is 103 Å². The number of pyridine rings is 2. The molecule has 7 nitrogen and oxygen atoms in total. The van der Waals surface area contributed by atoms with Gasteiger partial charge in [-0.1, -0.05) is 84.9 Å². The molecule has 0 atom stereocenters. The van der Waals surface area contributed by atoms with Gasteiger partial charge in [0, 0.05) is 67.2 Å². The lowest BCUT2D eigenvalue weighted by Gasteiger charge is -2.10. The van der Waals surface area contributed by atoms with Crippen LogP contribution in [-0.4, -0.2) is 27.5 Å². The van der Waals surface area contributed by atoms with Crippen LogP contribution in [0.25, 0.3) is 99.3 Å². The number of rotatable bonds is 6. The van der Waals surface area contributed by atoms with Gasteiger partial charge in [0.25, 0.3) is 0 Å². The van der Waals surface area contributed by atoms with Crippen LogP contribution < -0.4 is 0 Å². The number of nitrogens with zero attached hydrogens (tertiary/aromatic N) is 4. The SMILES string of the molecule is O=S(=O)(c1ccc2c(c1)c1cc(-c3ccccn3)ccc1n2-c1ccc2oc3c(-c4cccc(-n5c6ccccc6c6ccccc65)c4)cccc3c2c1)c1ccccn1. The van der Waals surface area contributed by atoms with Crippen LogP contribution in [0, 0.1) is 0 Å². The number of sulfone groups is 1. The summed E-state index contributed by atoms with van der Waals surface area (Å²) < 4.78 is 38.9. The average Bonchev–Trinajstić information content (AvgIpc) is 3.96. The molecule has 7 aromatic carbocycles. The molecule has 0 unspecified atom stereocenters. The molecule has 12 rings (SSSR count). The van der Waals surface area contributed by atoms with Crippen molar-refractivity contribution in [3.63, 3.8) is 0 Å². The van der Waals surface area contributed by atoms with Crippen LogP contribution in [0.4, 0.5) is 0 Å². The fourth-order valence-electron chi connectivity index (χ4n) is 8.93. The van der Waals surface area contributed by atoms with Crippen LogP contribution in [0.3, 0.4) is 0 Å². The van der Waals surface area contributed by atoms with E-state index in [0.29, 0.717) is 0 Å². The zero-order valence-electron chi connectivity index (χ0n) is 31.9. The summed E-state index contributed by atoms with van der Waals surface area (Å²) in [6.45, 7) is 0. The van der Waals surface area contributed by atoms with Gasteiger partial charge < -0.3 is 13.6 Å². The topological polar surface area (TPSA) is 82.9 Å². The second kappa shape index (κ2) is 13.1. The first-order chi connectivity index (χ1) is 29.5. The van der Waals surface area contributed by atoms with Gasteiger partial charge in [0.2, 0.25) is 9.84 Å². The predicted octanol–water partition coefficient (Wildman–Crippen LogP) is 12.7. The van der Waals surface area contributed by atoms with E-state index in [9.17, 15) is 8.42 Å². The Labute approximate surface area is 344 Å². The first-order valence-corrected chi connectivity index (χ1v) is 21.2. The van der Waals surface area contributed by atoms with Crippen molar-refractivity contribution < 1.29 is 12.8 Å². The molecule has 0 bridgehead atoms. The van der Waals surface area contributed by atoms with Crippen LogP contribution in [0.5, 0.6) is 0 Å². The molecule has 0 saturated carbocycles. The van der Waals surface area contributed by atoms with E-state index in [-0.39, 0.29) is 9.92 Å². The third-order valence-electron chi connectivity index (χ3n) is 11.7. The van der Waals surface area contributed by atoms with E-state index in [1.165, 1.54) is 23.0 Å². The molecule has 0 aliphatic carbocycles. The third-order valence-corrected chi connectivity index (χ3v) is 13.3. The van der Waals surface area contributed by atoms with Crippen molar-refractivity contribution >= 4 is 75.4 Å². The highest BCUT2D eigenvalue weighted by atomic mass is 32.2. The van der Waals surface area contributed by atoms with Gasteiger partial charge in [0.15, 0.2) is 5.03 Å². The number of furan rings is 1. The molecule has 0 spiro atoms. The summed E-state index contributed by atoms with van der Waals surface area (Å²) in [5.74, 6) is 0. The highest BCUT2D eigenvalue weighted by molar-refractivity contribution is 7.91. The maximum Gasteiger partial charge on any atom is 0.223 e. The van der Waals surface area contributed by atoms with E-state index in [1.54, 1.807) is 30.5 Å². The highest BCUT2D eigenvalue weighted by Crippen LogP contribution is 2.41. The van der Waals surface area contributed by atoms with Crippen molar-refractivity contribution in [1.29, 1.82) is 0 Å². The van der Waals surface area contributed by atoms with Crippen molar-refractivity contribution in [3.05, 3.63) is 194 Å². The molecule has 0 saturated heterocycles. The predicted molar refractivity (Wildman–Crippen MR) is 241 cm³/mol. The van der Waals surface area contributed by atoms with Crippen molar-refractivity contribution in [3.8, 4) is 33.8 Å². The van der Waals surface area contributed by atoms with E-state index in [0.717, 1.165) is 88.5 Å². The maximum atomic E-state index is 13.8. The van der Waals surface area contributed by atoms with Crippen molar-refractivity contribution in [2.24, 2.45) is 0 Å². The Kier molecular flexibility index (Phi) is 7.48. The Morgan fingerprint density at radius 3 is 1.83 bits per heavy atom. The first-order valence-electron chi connectivity index (χ1n) is 19.7. The summed E-state index contributed by atoms with van der Waals surface area (Å²) >= 11 is 0. The van der Waals surface area contributed by atoms with E-state index < -0.39 is 9.84 Å². The van der Waals surface area contributed by atoms with Crippen LogP contribution >= 0.6 is 0 Å². The second-order valence-electron chi connectivity index (χ2n) is 15.0. The van der Waals surface area contributed by atoms with E-state index in [1.807, 2.05) is 30.3 Å². The standard InChI is InChI=1S/C52H32N4O3S/c57-60(58,51-20-6-8-28-54-51)37-23-25-49-43(32-37)42-30-34(45-17-5-7-27-53-45)21-24-48(42)56(49)36-22-26-50-44(31-36)41-16-10-15-38(52(41)59-50)33-11-9-12-35(29-33)55-46-18-3-1-13-39(46)40-14-2-4-19-47(40)55/h1-32H. The van der Waals surface area contributed by atoms with Gasteiger partial charge >= 0.3 is 0 Å². The van der Waals surface area contributed by atoms with Crippen LogP contribution in [0.1, 0.15) is 0 Å². The molecule has 0 amide bonds. The molecule has 0 aliphatic rings. The van der Waals surface area contributed by atoms with Crippen LogP contribution in [0.15, 0.2) is 209 Å². The summed E-state index contributed by atoms with van der Waals surface area (Å²) in [4.78, 5) is 8.96. The number of para-hydroxylation sites is 3. The van der Waals surface area contributed by atoms with Crippen LogP contribution in [-0.2, 0) is 9.84 Å². The minimum absolute atomic E-state index is 0.0114. The second-order valence-corrected chi connectivity index (χ2v) is 16.9. The van der Waals surface area contributed by atoms with Gasteiger partial charge in [-0.2, -0.15) is 0 Å². The molecule has 0 fully saturated rings. The van der Waals surface area contributed by atoms with Crippen molar-refractivity contribution in [2.45, 2.75) is 9.92 Å². The molecule has 284 valence electrons. The lowest BCUT2D eigenvalue weighted by atomic mass is 10.0. The average molecular weight is 793 g/mol. The summed E-state index contributed by atoms with van der Waals surface area (Å²) in [5, 5.41) is 6.17. The Morgan fingerprint density at radius 1 is 0.433 bits per heavy atom. The first kappa shape index (κ1) is 34.3.